The molecule has 1 aliphatic heterocycles. The molecule has 1 aliphatic carbocycles. The van der Waals surface area contributed by atoms with E-state index in [4.69, 9.17) is 16.6 Å². The Hall–Kier alpha value is -0.420. The summed E-state index contributed by atoms with van der Waals surface area (Å²) in [5.74, 6) is 0.965. The summed E-state index contributed by atoms with van der Waals surface area (Å²) in [4.78, 5) is 4.88. The second-order valence-electron chi connectivity index (χ2n) is 6.72. The van der Waals surface area contributed by atoms with Crippen LogP contribution in [-0.2, 0) is 12.8 Å². The molecule has 1 saturated heterocycles. The van der Waals surface area contributed by atoms with Gasteiger partial charge in [-0.05, 0) is 95.5 Å². The van der Waals surface area contributed by atoms with E-state index in [1.54, 1.807) is 0 Å². The van der Waals surface area contributed by atoms with Crippen molar-refractivity contribution in [3.8, 4) is 0 Å². The van der Waals surface area contributed by atoms with E-state index < -0.39 is 0 Å². The van der Waals surface area contributed by atoms with E-state index in [0.717, 1.165) is 39.9 Å². The lowest BCUT2D eigenvalue weighted by Crippen LogP contribution is -2.32. The molecule has 2 nitrogen and oxygen atoms in total. The van der Waals surface area contributed by atoms with E-state index in [1.165, 1.54) is 35.2 Å². The number of hydrogen-bond donors (Lipinski definition) is 1. The average Bonchev–Trinajstić information content (AvgIpc) is 2.81. The van der Waals surface area contributed by atoms with Crippen LogP contribution in [0.5, 0.6) is 0 Å². The van der Waals surface area contributed by atoms with Gasteiger partial charge in [-0.3, -0.25) is 4.98 Å². The Kier molecular flexibility index (Phi) is 7.18. The Morgan fingerprint density at radius 2 is 1.73 bits per heavy atom. The Morgan fingerprint density at radius 1 is 1.04 bits per heavy atom. The predicted octanol–water partition coefficient (Wildman–Crippen LogP) is 6.52. The molecule has 2 aromatic rings. The van der Waals surface area contributed by atoms with Gasteiger partial charge in [-0.15, -0.1) is 0 Å². The van der Waals surface area contributed by atoms with Crippen molar-refractivity contribution in [1.82, 2.24) is 10.3 Å². The van der Waals surface area contributed by atoms with Crippen molar-refractivity contribution in [3.05, 3.63) is 60.7 Å². The molecule has 1 aromatic carbocycles. The number of benzene rings is 1. The van der Waals surface area contributed by atoms with Gasteiger partial charge in [-0.25, -0.2) is 0 Å². The quantitative estimate of drug-likeness (QED) is 0.482. The number of hydrogen-bond acceptors (Lipinski definition) is 2. The number of nitrogens with zero attached hydrogens (tertiary/aromatic N) is 1. The second-order valence-corrected chi connectivity index (χ2v) is 8.93. The predicted molar refractivity (Wildman–Crippen MR) is 117 cm³/mol. The smallest absolute Gasteiger partial charge is 0.0514 e. The SMILES string of the molecule is CC.Clc1cc(Br)c2c(c1)CCc1cc(Br)cnc1[C@@H]2C1CCNCC1. The maximum atomic E-state index is 6.34. The maximum absolute atomic E-state index is 6.34. The molecule has 0 amide bonds. The third kappa shape index (κ3) is 4.19. The first-order valence-electron chi connectivity index (χ1n) is 9.46. The lowest BCUT2D eigenvalue weighted by molar-refractivity contribution is 0.338. The van der Waals surface area contributed by atoms with Crippen molar-refractivity contribution in [2.75, 3.05) is 13.1 Å². The molecule has 0 spiro atoms. The highest BCUT2D eigenvalue weighted by atomic mass is 79.9. The van der Waals surface area contributed by atoms with Crippen LogP contribution in [0.15, 0.2) is 33.3 Å². The van der Waals surface area contributed by atoms with Gasteiger partial charge < -0.3 is 5.32 Å². The van der Waals surface area contributed by atoms with Crippen molar-refractivity contribution in [1.29, 1.82) is 0 Å². The molecule has 26 heavy (non-hydrogen) atoms. The van der Waals surface area contributed by atoms with Gasteiger partial charge in [0.25, 0.3) is 0 Å². The van der Waals surface area contributed by atoms with Gasteiger partial charge in [0, 0.05) is 26.1 Å². The Labute approximate surface area is 178 Å². The Bertz CT molecular complexity index is 773. The van der Waals surface area contributed by atoms with Crippen LogP contribution in [0.25, 0.3) is 0 Å². The summed E-state index contributed by atoms with van der Waals surface area (Å²) in [5, 5.41) is 4.30. The van der Waals surface area contributed by atoms with Gasteiger partial charge in [0.05, 0.1) is 5.69 Å². The van der Waals surface area contributed by atoms with Crippen LogP contribution in [0.4, 0.5) is 0 Å². The first kappa shape index (κ1) is 20.3. The zero-order valence-electron chi connectivity index (χ0n) is 15.3. The highest BCUT2D eigenvalue weighted by Crippen LogP contribution is 2.45. The van der Waals surface area contributed by atoms with E-state index in [0.29, 0.717) is 11.8 Å². The lowest BCUT2D eigenvalue weighted by atomic mass is 9.77. The number of halogens is 3. The standard InChI is InChI=1S/C19H19Br2ClN2.C2H6/c20-14-7-13-2-1-12-8-15(22)9-16(21)17(12)18(19(13)24-10-14)11-3-5-23-6-4-11;1-2/h7-11,18,23H,1-6H2;1-2H3/t18-;/m1./s1. The first-order chi connectivity index (χ1) is 12.6. The molecular weight excluding hydrogens is 476 g/mol. The molecular formula is C21H25Br2ClN2. The minimum atomic E-state index is 0.347. The summed E-state index contributed by atoms with van der Waals surface area (Å²) >= 11 is 13.7. The zero-order valence-corrected chi connectivity index (χ0v) is 19.2. The van der Waals surface area contributed by atoms with Gasteiger partial charge in [0.15, 0.2) is 0 Å². The van der Waals surface area contributed by atoms with E-state index in [2.05, 4.69) is 49.3 Å². The van der Waals surface area contributed by atoms with Crippen molar-refractivity contribution in [2.24, 2.45) is 5.92 Å². The second kappa shape index (κ2) is 9.18. The van der Waals surface area contributed by atoms with Gasteiger partial charge in [-0.1, -0.05) is 41.4 Å². The molecule has 2 heterocycles. The summed E-state index contributed by atoms with van der Waals surface area (Å²) in [5.41, 5.74) is 5.39. The van der Waals surface area contributed by atoms with Crippen LogP contribution in [0.2, 0.25) is 5.02 Å². The molecule has 0 saturated carbocycles. The summed E-state index contributed by atoms with van der Waals surface area (Å²) in [6.07, 6.45) is 6.36. The maximum Gasteiger partial charge on any atom is 0.0514 e. The van der Waals surface area contributed by atoms with Gasteiger partial charge >= 0.3 is 0 Å². The van der Waals surface area contributed by atoms with Crippen LogP contribution < -0.4 is 5.32 Å². The highest BCUT2D eigenvalue weighted by molar-refractivity contribution is 9.10. The van der Waals surface area contributed by atoms with Gasteiger partial charge in [0.2, 0.25) is 0 Å². The van der Waals surface area contributed by atoms with Crippen LogP contribution >= 0.6 is 43.5 Å². The third-order valence-electron chi connectivity index (χ3n) is 5.27. The first-order valence-corrected chi connectivity index (χ1v) is 11.4. The Morgan fingerprint density at radius 3 is 2.46 bits per heavy atom. The van der Waals surface area contributed by atoms with Crippen LogP contribution in [-0.4, -0.2) is 18.1 Å². The molecule has 0 unspecified atom stereocenters. The van der Waals surface area contributed by atoms with Crippen molar-refractivity contribution >= 4 is 43.5 Å². The number of aromatic nitrogens is 1. The number of pyridine rings is 1. The van der Waals surface area contributed by atoms with E-state index in [-0.39, 0.29) is 0 Å². The number of rotatable bonds is 1. The summed E-state index contributed by atoms with van der Waals surface area (Å²) in [6, 6.07) is 6.44. The number of piperidine rings is 1. The van der Waals surface area contributed by atoms with Crippen LogP contribution in [0, 0.1) is 5.92 Å². The average molecular weight is 501 g/mol. The van der Waals surface area contributed by atoms with Gasteiger partial charge in [-0.2, -0.15) is 0 Å². The molecule has 4 rings (SSSR count). The lowest BCUT2D eigenvalue weighted by Gasteiger charge is -2.32. The van der Waals surface area contributed by atoms with Gasteiger partial charge in [0.1, 0.15) is 0 Å². The topological polar surface area (TPSA) is 24.9 Å². The van der Waals surface area contributed by atoms with Crippen LogP contribution in [0.1, 0.15) is 55.0 Å². The molecule has 1 aromatic heterocycles. The normalized spacial score (nSPS) is 19.7. The van der Waals surface area contributed by atoms with Crippen LogP contribution in [0.3, 0.4) is 0 Å². The highest BCUT2D eigenvalue weighted by Gasteiger charge is 2.34. The largest absolute Gasteiger partial charge is 0.317 e. The molecule has 0 radical (unpaired) electrons. The summed E-state index contributed by atoms with van der Waals surface area (Å²) in [7, 11) is 0. The van der Waals surface area contributed by atoms with E-state index in [9.17, 15) is 0 Å². The van der Waals surface area contributed by atoms with Crippen molar-refractivity contribution in [3.63, 3.8) is 0 Å². The van der Waals surface area contributed by atoms with E-state index >= 15 is 0 Å². The molecule has 0 bridgehead atoms. The molecule has 2 aliphatic rings. The monoisotopic (exact) mass is 498 g/mol. The Balaban J connectivity index is 0.000000948. The number of fused-ring (bicyclic) bond motifs is 2. The fraction of sp³-hybridized carbons (Fsp3) is 0.476. The fourth-order valence-corrected chi connectivity index (χ4v) is 5.71. The zero-order chi connectivity index (χ0) is 18.7. The fourth-order valence-electron chi connectivity index (χ4n) is 4.21. The molecule has 1 fully saturated rings. The summed E-state index contributed by atoms with van der Waals surface area (Å²) < 4.78 is 2.19. The minimum absolute atomic E-state index is 0.347. The number of nitrogens with one attached hydrogen (secondary N) is 1. The third-order valence-corrected chi connectivity index (χ3v) is 6.58. The molecule has 1 atom stereocenters. The minimum Gasteiger partial charge on any atom is -0.317 e. The molecule has 5 heteroatoms. The van der Waals surface area contributed by atoms with Crippen molar-refractivity contribution < 1.29 is 0 Å². The van der Waals surface area contributed by atoms with Crippen molar-refractivity contribution in [2.45, 2.75) is 45.4 Å². The molecule has 140 valence electrons. The summed E-state index contributed by atoms with van der Waals surface area (Å²) in [6.45, 7) is 6.18. The molecule has 1 N–H and O–H groups in total. The van der Waals surface area contributed by atoms with E-state index in [1.807, 2.05) is 26.1 Å². The number of aryl methyl sites for hydroxylation is 2.